The summed E-state index contributed by atoms with van der Waals surface area (Å²) in [6.07, 6.45) is 3.35. The molecular weight excluding hydrogens is 327 g/mol. The topological polar surface area (TPSA) is 50.7 Å². The van der Waals surface area contributed by atoms with Crippen LogP contribution >= 0.6 is 0 Å². The first-order valence-corrected chi connectivity index (χ1v) is 8.33. The number of rotatable bonds is 3. The van der Waals surface area contributed by atoms with Crippen LogP contribution < -0.4 is 5.32 Å². The summed E-state index contributed by atoms with van der Waals surface area (Å²) >= 11 is 0. The maximum Gasteiger partial charge on any atom is 0.163 e. The fourth-order valence-corrected chi connectivity index (χ4v) is 2.93. The highest BCUT2D eigenvalue weighted by atomic mass is 19.1. The normalized spacial score (nSPS) is 10.9. The Morgan fingerprint density at radius 3 is 2.42 bits per heavy atom. The zero-order valence-electron chi connectivity index (χ0n) is 14.5. The minimum Gasteiger partial charge on any atom is -0.373 e. The van der Waals surface area contributed by atoms with Crippen molar-refractivity contribution in [2.45, 2.75) is 6.92 Å². The number of nitrogens with zero attached hydrogens (tertiary/aromatic N) is 3. The number of nitrogens with one attached hydrogen (secondary N) is 1. The number of benzene rings is 2. The van der Waals surface area contributed by atoms with E-state index in [9.17, 15) is 0 Å². The van der Waals surface area contributed by atoms with Crippen LogP contribution in [0.3, 0.4) is 0 Å². The van der Waals surface area contributed by atoms with Crippen molar-refractivity contribution >= 4 is 16.7 Å². The van der Waals surface area contributed by atoms with Crippen molar-refractivity contribution in [3.8, 4) is 22.5 Å². The molecule has 2 aromatic heterocycles. The van der Waals surface area contributed by atoms with Gasteiger partial charge in [-0.3, -0.25) is 4.98 Å². The van der Waals surface area contributed by atoms with Crippen molar-refractivity contribution in [2.24, 2.45) is 0 Å². The monoisotopic (exact) mass is 344 g/mol. The Morgan fingerprint density at radius 1 is 0.923 bits per heavy atom. The van der Waals surface area contributed by atoms with Crippen LogP contribution in [-0.4, -0.2) is 22.0 Å². The molecule has 0 saturated carbocycles. The Morgan fingerprint density at radius 2 is 1.73 bits per heavy atom. The van der Waals surface area contributed by atoms with Gasteiger partial charge in [0.1, 0.15) is 11.3 Å². The van der Waals surface area contributed by atoms with Crippen molar-refractivity contribution in [1.82, 2.24) is 15.0 Å². The predicted molar refractivity (Wildman–Crippen MR) is 102 cm³/mol. The Hall–Kier alpha value is -3.34. The number of fused-ring (bicyclic) bond motifs is 1. The third-order valence-corrected chi connectivity index (χ3v) is 4.33. The van der Waals surface area contributed by atoms with Gasteiger partial charge in [0.05, 0.1) is 0 Å². The lowest BCUT2D eigenvalue weighted by Gasteiger charge is -2.11. The third kappa shape index (κ3) is 2.77. The summed E-state index contributed by atoms with van der Waals surface area (Å²) < 4.78 is 15.3. The minimum absolute atomic E-state index is 0.293. The second kappa shape index (κ2) is 6.52. The van der Waals surface area contributed by atoms with Gasteiger partial charge >= 0.3 is 0 Å². The first-order chi connectivity index (χ1) is 12.7. The van der Waals surface area contributed by atoms with Gasteiger partial charge in [-0.15, -0.1) is 0 Å². The predicted octanol–water partition coefficient (Wildman–Crippen LogP) is 4.85. The smallest absolute Gasteiger partial charge is 0.163 e. The first-order valence-electron chi connectivity index (χ1n) is 8.33. The van der Waals surface area contributed by atoms with Gasteiger partial charge in [-0.2, -0.15) is 0 Å². The molecular formula is C21H17FN4. The number of aryl methyl sites for hydroxylation is 1. The first kappa shape index (κ1) is 16.1. The highest BCUT2D eigenvalue weighted by molar-refractivity contribution is 5.94. The van der Waals surface area contributed by atoms with Crippen LogP contribution in [0.25, 0.3) is 33.4 Å². The van der Waals surface area contributed by atoms with Crippen molar-refractivity contribution < 1.29 is 4.39 Å². The van der Waals surface area contributed by atoms with E-state index in [4.69, 9.17) is 0 Å². The van der Waals surface area contributed by atoms with Crippen LogP contribution in [0.4, 0.5) is 10.2 Å². The molecule has 2 aromatic carbocycles. The Kier molecular flexibility index (Phi) is 4.05. The zero-order chi connectivity index (χ0) is 18.1. The van der Waals surface area contributed by atoms with Gasteiger partial charge in [0, 0.05) is 36.0 Å². The van der Waals surface area contributed by atoms with Crippen molar-refractivity contribution in [3.05, 3.63) is 72.3 Å². The standard InChI is InChI=1S/C21H17FN4/c1-13-5-7-14(8-6-13)16-9-10-17-19(18(16)22)25-20(26-21(17)23-2)15-4-3-11-24-12-15/h3-12H,1-2H3,(H,23,25,26). The minimum atomic E-state index is -0.351. The number of anilines is 1. The van der Waals surface area contributed by atoms with E-state index < -0.39 is 0 Å². The van der Waals surface area contributed by atoms with Crippen molar-refractivity contribution in [1.29, 1.82) is 0 Å². The second-order valence-corrected chi connectivity index (χ2v) is 6.08. The van der Waals surface area contributed by atoms with Gasteiger partial charge in [0.2, 0.25) is 0 Å². The van der Waals surface area contributed by atoms with E-state index in [1.54, 1.807) is 31.6 Å². The maximum absolute atomic E-state index is 15.3. The van der Waals surface area contributed by atoms with Gasteiger partial charge in [0.25, 0.3) is 0 Å². The van der Waals surface area contributed by atoms with E-state index in [-0.39, 0.29) is 5.82 Å². The molecule has 4 nitrogen and oxygen atoms in total. The average Bonchev–Trinajstić information content (AvgIpc) is 2.69. The molecule has 0 radical (unpaired) electrons. The molecule has 0 aliphatic heterocycles. The molecule has 0 atom stereocenters. The van der Waals surface area contributed by atoms with Crippen LogP contribution in [0.5, 0.6) is 0 Å². The molecule has 0 amide bonds. The summed E-state index contributed by atoms with van der Waals surface area (Å²) in [6, 6.07) is 15.1. The lowest BCUT2D eigenvalue weighted by atomic mass is 10.0. The lowest BCUT2D eigenvalue weighted by Crippen LogP contribution is -2.01. The molecule has 0 aliphatic carbocycles. The largest absolute Gasteiger partial charge is 0.373 e. The van der Waals surface area contributed by atoms with Gasteiger partial charge in [-0.1, -0.05) is 35.9 Å². The van der Waals surface area contributed by atoms with Gasteiger partial charge in [0.15, 0.2) is 11.6 Å². The molecule has 128 valence electrons. The third-order valence-electron chi connectivity index (χ3n) is 4.33. The molecule has 1 N–H and O–H groups in total. The molecule has 2 heterocycles. The Balaban J connectivity index is 1.96. The molecule has 4 aromatic rings. The molecule has 0 unspecified atom stereocenters. The summed E-state index contributed by atoms with van der Waals surface area (Å²) in [4.78, 5) is 13.1. The van der Waals surface area contributed by atoms with Crippen LogP contribution in [0.2, 0.25) is 0 Å². The van der Waals surface area contributed by atoms with Crippen LogP contribution in [0.15, 0.2) is 60.9 Å². The lowest BCUT2D eigenvalue weighted by molar-refractivity contribution is 0.640. The molecule has 26 heavy (non-hydrogen) atoms. The Bertz CT molecular complexity index is 1080. The number of halogens is 1. The molecule has 0 aliphatic rings. The maximum atomic E-state index is 15.3. The summed E-state index contributed by atoms with van der Waals surface area (Å²) in [5.41, 5.74) is 3.51. The number of hydrogen-bond donors (Lipinski definition) is 1. The van der Waals surface area contributed by atoms with E-state index in [0.29, 0.717) is 28.1 Å². The van der Waals surface area contributed by atoms with Gasteiger partial charge in [-0.05, 0) is 30.7 Å². The summed E-state index contributed by atoms with van der Waals surface area (Å²) in [5, 5.41) is 3.68. The van der Waals surface area contributed by atoms with E-state index in [2.05, 4.69) is 20.3 Å². The Labute approximate surface area is 150 Å². The zero-order valence-corrected chi connectivity index (χ0v) is 14.5. The average molecular weight is 344 g/mol. The van der Waals surface area contributed by atoms with Crippen LogP contribution in [0, 0.1) is 12.7 Å². The van der Waals surface area contributed by atoms with Crippen molar-refractivity contribution in [3.63, 3.8) is 0 Å². The van der Waals surface area contributed by atoms with Crippen LogP contribution in [-0.2, 0) is 0 Å². The number of aromatic nitrogens is 3. The molecule has 0 spiro atoms. The molecule has 5 heteroatoms. The van der Waals surface area contributed by atoms with E-state index in [1.165, 1.54) is 0 Å². The molecule has 0 fully saturated rings. The highest BCUT2D eigenvalue weighted by Crippen LogP contribution is 2.32. The number of pyridine rings is 1. The van der Waals surface area contributed by atoms with E-state index in [1.807, 2.05) is 43.3 Å². The molecule has 4 rings (SSSR count). The second-order valence-electron chi connectivity index (χ2n) is 6.08. The fourth-order valence-electron chi connectivity index (χ4n) is 2.93. The van der Waals surface area contributed by atoms with Gasteiger partial charge < -0.3 is 5.32 Å². The molecule has 0 bridgehead atoms. The summed E-state index contributed by atoms with van der Waals surface area (Å²) in [7, 11) is 1.76. The van der Waals surface area contributed by atoms with Gasteiger partial charge in [-0.25, -0.2) is 14.4 Å². The van der Waals surface area contributed by atoms with Crippen LogP contribution in [0.1, 0.15) is 5.56 Å². The quantitative estimate of drug-likeness (QED) is 0.577. The SMILES string of the molecule is CNc1nc(-c2cccnc2)nc2c(F)c(-c3ccc(C)cc3)ccc12. The summed E-state index contributed by atoms with van der Waals surface area (Å²) in [6.45, 7) is 2.01. The van der Waals surface area contributed by atoms with E-state index in [0.717, 1.165) is 16.7 Å². The molecule has 0 saturated heterocycles. The summed E-state index contributed by atoms with van der Waals surface area (Å²) in [5.74, 6) is 0.675. The highest BCUT2D eigenvalue weighted by Gasteiger charge is 2.16. The fraction of sp³-hybridized carbons (Fsp3) is 0.0952. The van der Waals surface area contributed by atoms with Crippen molar-refractivity contribution in [2.75, 3.05) is 12.4 Å². The van der Waals surface area contributed by atoms with E-state index >= 15 is 4.39 Å². The number of hydrogen-bond acceptors (Lipinski definition) is 4.